The van der Waals surface area contributed by atoms with Crippen LogP contribution in [0.5, 0.6) is 0 Å². The van der Waals surface area contributed by atoms with E-state index in [0.29, 0.717) is 10.7 Å². The molecular weight excluding hydrogens is 280 g/mol. The van der Waals surface area contributed by atoms with Gasteiger partial charge in [-0.2, -0.15) is 0 Å². The molecule has 0 aliphatic rings. The van der Waals surface area contributed by atoms with Gasteiger partial charge in [0.25, 0.3) is 5.91 Å². The van der Waals surface area contributed by atoms with Crippen LogP contribution in [0.2, 0.25) is 5.02 Å². The van der Waals surface area contributed by atoms with Crippen molar-refractivity contribution in [3.63, 3.8) is 0 Å². The molecule has 20 heavy (non-hydrogen) atoms. The van der Waals surface area contributed by atoms with Crippen molar-refractivity contribution in [2.75, 3.05) is 12.4 Å². The fourth-order valence-corrected chi connectivity index (χ4v) is 1.62. The van der Waals surface area contributed by atoms with Gasteiger partial charge in [0, 0.05) is 16.9 Å². The maximum Gasteiger partial charge on any atom is 0.339 e. The molecule has 0 aliphatic heterocycles. The second-order valence-electron chi connectivity index (χ2n) is 3.88. The number of pyridine rings is 1. The average molecular weight is 291 g/mol. The van der Waals surface area contributed by atoms with Crippen molar-refractivity contribution in [1.29, 1.82) is 0 Å². The molecule has 1 aromatic heterocycles. The summed E-state index contributed by atoms with van der Waals surface area (Å²) < 4.78 is 4.55. The van der Waals surface area contributed by atoms with E-state index in [1.165, 1.54) is 25.4 Å². The number of carbonyl (C=O) groups is 2. The van der Waals surface area contributed by atoms with Crippen LogP contribution >= 0.6 is 11.6 Å². The van der Waals surface area contributed by atoms with Crippen LogP contribution in [0.15, 0.2) is 42.6 Å². The van der Waals surface area contributed by atoms with Gasteiger partial charge >= 0.3 is 5.97 Å². The summed E-state index contributed by atoms with van der Waals surface area (Å²) in [5.41, 5.74) is 1.10. The van der Waals surface area contributed by atoms with Gasteiger partial charge in [-0.25, -0.2) is 4.79 Å². The monoisotopic (exact) mass is 290 g/mol. The number of hydrogen-bond acceptors (Lipinski definition) is 4. The molecule has 1 aromatic carbocycles. The van der Waals surface area contributed by atoms with Gasteiger partial charge < -0.3 is 10.1 Å². The smallest absolute Gasteiger partial charge is 0.339 e. The van der Waals surface area contributed by atoms with Crippen molar-refractivity contribution in [2.45, 2.75) is 0 Å². The SMILES string of the molecule is COC(=O)c1ccc(C(=O)Nc2ccc(Cl)cc2)nc1. The van der Waals surface area contributed by atoms with Crippen LogP contribution in [0.3, 0.4) is 0 Å². The molecule has 0 saturated heterocycles. The van der Waals surface area contributed by atoms with Crippen LogP contribution in [0, 0.1) is 0 Å². The topological polar surface area (TPSA) is 68.3 Å². The van der Waals surface area contributed by atoms with Gasteiger partial charge in [0.2, 0.25) is 0 Å². The van der Waals surface area contributed by atoms with E-state index in [4.69, 9.17) is 11.6 Å². The zero-order valence-corrected chi connectivity index (χ0v) is 11.3. The van der Waals surface area contributed by atoms with Gasteiger partial charge in [0.1, 0.15) is 5.69 Å². The number of rotatable bonds is 3. The standard InChI is InChI=1S/C14H11ClN2O3/c1-20-14(19)9-2-7-12(16-8-9)13(18)17-11-5-3-10(15)4-6-11/h2-8H,1H3,(H,17,18). The number of hydrogen-bond donors (Lipinski definition) is 1. The van der Waals surface area contributed by atoms with E-state index < -0.39 is 5.97 Å². The van der Waals surface area contributed by atoms with Crippen LogP contribution in [-0.4, -0.2) is 24.0 Å². The van der Waals surface area contributed by atoms with Crippen molar-refractivity contribution in [2.24, 2.45) is 0 Å². The molecule has 1 amide bonds. The van der Waals surface area contributed by atoms with Crippen molar-refractivity contribution < 1.29 is 14.3 Å². The molecule has 0 aliphatic carbocycles. The Bertz CT molecular complexity index is 624. The van der Waals surface area contributed by atoms with E-state index in [1.807, 2.05) is 0 Å². The molecule has 0 saturated carbocycles. The minimum Gasteiger partial charge on any atom is -0.465 e. The highest BCUT2D eigenvalue weighted by Gasteiger charge is 2.10. The quantitative estimate of drug-likeness (QED) is 0.883. The largest absolute Gasteiger partial charge is 0.465 e. The number of amides is 1. The Kier molecular flexibility index (Phi) is 4.32. The summed E-state index contributed by atoms with van der Waals surface area (Å²) in [5.74, 6) is -0.870. The highest BCUT2D eigenvalue weighted by molar-refractivity contribution is 6.30. The fourth-order valence-electron chi connectivity index (χ4n) is 1.50. The van der Waals surface area contributed by atoms with E-state index in [0.717, 1.165) is 0 Å². The third-order valence-corrected chi connectivity index (χ3v) is 2.77. The first-order valence-electron chi connectivity index (χ1n) is 5.71. The summed E-state index contributed by atoms with van der Waals surface area (Å²) in [6.45, 7) is 0. The van der Waals surface area contributed by atoms with Crippen molar-refractivity contribution in [1.82, 2.24) is 4.98 Å². The molecule has 0 spiro atoms. The normalized spacial score (nSPS) is 9.90. The summed E-state index contributed by atoms with van der Waals surface area (Å²) in [4.78, 5) is 27.1. The molecule has 0 fully saturated rings. The Morgan fingerprint density at radius 3 is 2.40 bits per heavy atom. The molecule has 6 heteroatoms. The van der Waals surface area contributed by atoms with Crippen molar-refractivity contribution in [3.05, 3.63) is 58.9 Å². The van der Waals surface area contributed by atoms with Crippen LogP contribution in [0.1, 0.15) is 20.8 Å². The van der Waals surface area contributed by atoms with Crippen LogP contribution < -0.4 is 5.32 Å². The Hall–Kier alpha value is -2.40. The number of benzene rings is 1. The lowest BCUT2D eigenvalue weighted by atomic mass is 10.2. The van der Waals surface area contributed by atoms with E-state index >= 15 is 0 Å². The van der Waals surface area contributed by atoms with E-state index in [1.54, 1.807) is 24.3 Å². The molecule has 102 valence electrons. The lowest BCUT2D eigenvalue weighted by molar-refractivity contribution is 0.0600. The summed E-state index contributed by atoms with van der Waals surface area (Å²) >= 11 is 5.76. The molecular formula is C14H11ClN2O3. The summed E-state index contributed by atoms with van der Waals surface area (Å²) in [5, 5.41) is 3.26. The number of halogens is 1. The summed E-state index contributed by atoms with van der Waals surface area (Å²) in [6.07, 6.45) is 1.29. The maximum absolute atomic E-state index is 11.9. The number of nitrogens with one attached hydrogen (secondary N) is 1. The summed E-state index contributed by atoms with van der Waals surface area (Å²) in [7, 11) is 1.28. The molecule has 0 unspecified atom stereocenters. The van der Waals surface area contributed by atoms with Gasteiger partial charge in [0.15, 0.2) is 0 Å². The Morgan fingerprint density at radius 2 is 1.85 bits per heavy atom. The first kappa shape index (κ1) is 14.0. The number of esters is 1. The Balaban J connectivity index is 2.09. The number of anilines is 1. The van der Waals surface area contributed by atoms with Crippen LogP contribution in [0.4, 0.5) is 5.69 Å². The molecule has 2 aromatic rings. The van der Waals surface area contributed by atoms with Gasteiger partial charge in [-0.3, -0.25) is 9.78 Å². The highest BCUT2D eigenvalue weighted by atomic mass is 35.5. The van der Waals surface area contributed by atoms with Gasteiger partial charge in [-0.1, -0.05) is 11.6 Å². The van der Waals surface area contributed by atoms with E-state index in [2.05, 4.69) is 15.0 Å². The van der Waals surface area contributed by atoms with Crippen molar-refractivity contribution in [3.8, 4) is 0 Å². The van der Waals surface area contributed by atoms with Crippen LogP contribution in [-0.2, 0) is 4.74 Å². The second kappa shape index (κ2) is 6.16. The minimum absolute atomic E-state index is 0.201. The molecule has 0 radical (unpaired) electrons. The third-order valence-electron chi connectivity index (χ3n) is 2.52. The number of nitrogens with zero attached hydrogens (tertiary/aromatic N) is 1. The Labute approximate surface area is 120 Å². The second-order valence-corrected chi connectivity index (χ2v) is 4.32. The minimum atomic E-state index is -0.498. The molecule has 0 atom stereocenters. The van der Waals surface area contributed by atoms with Crippen LogP contribution in [0.25, 0.3) is 0 Å². The predicted molar refractivity (Wildman–Crippen MR) is 75.0 cm³/mol. The molecule has 0 bridgehead atoms. The number of aromatic nitrogens is 1. The molecule has 2 rings (SSSR count). The van der Waals surface area contributed by atoms with E-state index in [9.17, 15) is 9.59 Å². The van der Waals surface area contributed by atoms with E-state index in [-0.39, 0.29) is 17.2 Å². The lowest BCUT2D eigenvalue weighted by Crippen LogP contribution is -2.14. The number of carbonyl (C=O) groups excluding carboxylic acids is 2. The molecule has 1 heterocycles. The van der Waals surface area contributed by atoms with Gasteiger partial charge in [0.05, 0.1) is 12.7 Å². The average Bonchev–Trinajstić information content (AvgIpc) is 2.49. The molecule has 1 N–H and O–H groups in total. The molecule has 5 nitrogen and oxygen atoms in total. The fraction of sp³-hybridized carbons (Fsp3) is 0.0714. The first-order chi connectivity index (χ1) is 9.60. The van der Waals surface area contributed by atoms with Gasteiger partial charge in [-0.05, 0) is 36.4 Å². The number of ether oxygens (including phenoxy) is 1. The zero-order valence-electron chi connectivity index (χ0n) is 10.6. The first-order valence-corrected chi connectivity index (χ1v) is 6.09. The van der Waals surface area contributed by atoms with Gasteiger partial charge in [-0.15, -0.1) is 0 Å². The third kappa shape index (κ3) is 3.33. The Morgan fingerprint density at radius 1 is 1.15 bits per heavy atom. The predicted octanol–water partition coefficient (Wildman–Crippen LogP) is 2.77. The highest BCUT2D eigenvalue weighted by Crippen LogP contribution is 2.14. The number of methoxy groups -OCH3 is 1. The zero-order chi connectivity index (χ0) is 14.5. The summed E-state index contributed by atoms with van der Waals surface area (Å²) in [6, 6.07) is 9.65. The lowest BCUT2D eigenvalue weighted by Gasteiger charge is -2.05. The maximum atomic E-state index is 11.9. The van der Waals surface area contributed by atoms with Crippen molar-refractivity contribution >= 4 is 29.2 Å².